The summed E-state index contributed by atoms with van der Waals surface area (Å²) in [5.74, 6) is 0.511. The second-order valence-corrected chi connectivity index (χ2v) is 6.49. The molecule has 0 heterocycles. The Labute approximate surface area is 116 Å². The van der Waals surface area contributed by atoms with Crippen LogP contribution in [0.25, 0.3) is 0 Å². The third-order valence-corrected chi connectivity index (χ3v) is 4.69. The van der Waals surface area contributed by atoms with Crippen LogP contribution in [0.4, 0.5) is 0 Å². The van der Waals surface area contributed by atoms with Crippen molar-refractivity contribution in [2.24, 2.45) is 11.3 Å². The first-order chi connectivity index (χ1) is 8.80. The molecule has 19 heavy (non-hydrogen) atoms. The molecule has 1 aromatic carbocycles. The molecule has 0 saturated heterocycles. The predicted molar refractivity (Wildman–Crippen MR) is 76.5 cm³/mol. The Bertz CT molecular complexity index is 506. The SMILES string of the molecule is Cc1cc(C)cc(C(C)(O)C2(C#N)CCC(C)C2)c1. The van der Waals surface area contributed by atoms with Crippen LogP contribution in [0, 0.1) is 36.5 Å². The van der Waals surface area contributed by atoms with Gasteiger partial charge in [0.1, 0.15) is 5.60 Å². The normalized spacial score (nSPS) is 29.8. The van der Waals surface area contributed by atoms with Crippen LogP contribution in [0.3, 0.4) is 0 Å². The standard InChI is InChI=1S/C17H23NO/c1-12-5-6-17(10-12,11-18)16(4,19)15-8-13(2)7-14(3)9-15/h7-9,12,19H,5-6,10H2,1-4H3. The highest BCUT2D eigenvalue weighted by molar-refractivity contribution is 5.35. The summed E-state index contributed by atoms with van der Waals surface area (Å²) in [5, 5.41) is 20.7. The first kappa shape index (κ1) is 14.1. The van der Waals surface area contributed by atoms with E-state index in [1.165, 1.54) is 0 Å². The molecular formula is C17H23NO. The van der Waals surface area contributed by atoms with Gasteiger partial charge in [-0.1, -0.05) is 36.2 Å². The Morgan fingerprint density at radius 3 is 2.32 bits per heavy atom. The summed E-state index contributed by atoms with van der Waals surface area (Å²) in [7, 11) is 0. The zero-order chi connectivity index (χ0) is 14.3. The number of nitriles is 1. The molecule has 2 nitrogen and oxygen atoms in total. The summed E-state index contributed by atoms with van der Waals surface area (Å²) < 4.78 is 0. The minimum Gasteiger partial charge on any atom is -0.384 e. The lowest BCUT2D eigenvalue weighted by Crippen LogP contribution is -2.41. The third kappa shape index (κ3) is 2.28. The molecule has 0 aromatic heterocycles. The molecule has 0 spiro atoms. The first-order valence-electron chi connectivity index (χ1n) is 7.03. The van der Waals surface area contributed by atoms with Gasteiger partial charge in [0.25, 0.3) is 0 Å². The van der Waals surface area contributed by atoms with Crippen molar-refractivity contribution < 1.29 is 5.11 Å². The number of hydrogen-bond donors (Lipinski definition) is 1. The van der Waals surface area contributed by atoms with E-state index < -0.39 is 11.0 Å². The second kappa shape index (κ2) is 4.65. The molecule has 2 rings (SSSR count). The van der Waals surface area contributed by atoms with Gasteiger partial charge >= 0.3 is 0 Å². The lowest BCUT2D eigenvalue weighted by molar-refractivity contribution is -0.0439. The number of aliphatic hydroxyl groups is 1. The zero-order valence-electron chi connectivity index (χ0n) is 12.3. The van der Waals surface area contributed by atoms with E-state index >= 15 is 0 Å². The van der Waals surface area contributed by atoms with Crippen molar-refractivity contribution in [3.8, 4) is 6.07 Å². The number of nitrogens with zero attached hydrogens (tertiary/aromatic N) is 1. The fourth-order valence-electron chi connectivity index (χ4n) is 3.48. The average molecular weight is 257 g/mol. The Kier molecular flexibility index (Phi) is 3.45. The first-order valence-corrected chi connectivity index (χ1v) is 7.03. The molecule has 102 valence electrons. The van der Waals surface area contributed by atoms with Crippen molar-refractivity contribution >= 4 is 0 Å². The molecule has 1 saturated carbocycles. The van der Waals surface area contributed by atoms with Crippen molar-refractivity contribution in [2.75, 3.05) is 0 Å². The van der Waals surface area contributed by atoms with Gasteiger partial charge in [-0.25, -0.2) is 0 Å². The summed E-state index contributed by atoms with van der Waals surface area (Å²) in [4.78, 5) is 0. The second-order valence-electron chi connectivity index (χ2n) is 6.49. The van der Waals surface area contributed by atoms with E-state index in [9.17, 15) is 10.4 Å². The Morgan fingerprint density at radius 1 is 1.32 bits per heavy atom. The monoisotopic (exact) mass is 257 g/mol. The summed E-state index contributed by atoms with van der Waals surface area (Å²) in [6, 6.07) is 8.55. The van der Waals surface area contributed by atoms with Gasteiger partial charge in [-0.05, 0) is 51.5 Å². The molecule has 0 radical (unpaired) electrons. The Balaban J connectivity index is 2.49. The lowest BCUT2D eigenvalue weighted by Gasteiger charge is -2.38. The Hall–Kier alpha value is -1.33. The highest BCUT2D eigenvalue weighted by Gasteiger charge is 2.52. The molecular weight excluding hydrogens is 234 g/mol. The van der Waals surface area contributed by atoms with Gasteiger partial charge < -0.3 is 5.11 Å². The summed E-state index contributed by atoms with van der Waals surface area (Å²) in [5.41, 5.74) is 1.42. The van der Waals surface area contributed by atoms with E-state index in [1.807, 2.05) is 32.9 Å². The van der Waals surface area contributed by atoms with Crippen LogP contribution in [0.1, 0.15) is 49.8 Å². The van der Waals surface area contributed by atoms with Crippen molar-refractivity contribution in [1.29, 1.82) is 5.26 Å². The van der Waals surface area contributed by atoms with Gasteiger partial charge in [-0.15, -0.1) is 0 Å². The van der Waals surface area contributed by atoms with E-state index in [4.69, 9.17) is 0 Å². The largest absolute Gasteiger partial charge is 0.384 e. The van der Waals surface area contributed by atoms with Crippen LogP contribution in [0.15, 0.2) is 18.2 Å². The zero-order valence-corrected chi connectivity index (χ0v) is 12.3. The number of hydrogen-bond acceptors (Lipinski definition) is 2. The van der Waals surface area contributed by atoms with Gasteiger partial charge in [0.15, 0.2) is 0 Å². The van der Waals surface area contributed by atoms with E-state index in [1.54, 1.807) is 0 Å². The van der Waals surface area contributed by atoms with Crippen LogP contribution in [0.5, 0.6) is 0 Å². The summed E-state index contributed by atoms with van der Waals surface area (Å²) in [6.45, 7) is 8.03. The van der Waals surface area contributed by atoms with E-state index in [2.05, 4.69) is 19.1 Å². The highest BCUT2D eigenvalue weighted by Crippen LogP contribution is 2.52. The molecule has 2 heteroatoms. The van der Waals surface area contributed by atoms with Gasteiger partial charge in [0.2, 0.25) is 0 Å². The minimum atomic E-state index is -1.08. The van der Waals surface area contributed by atoms with Crippen molar-refractivity contribution in [3.63, 3.8) is 0 Å². The van der Waals surface area contributed by atoms with E-state index in [-0.39, 0.29) is 0 Å². The van der Waals surface area contributed by atoms with Crippen LogP contribution < -0.4 is 0 Å². The summed E-state index contributed by atoms with van der Waals surface area (Å²) in [6.07, 6.45) is 2.59. The van der Waals surface area contributed by atoms with Crippen LogP contribution in [-0.2, 0) is 5.60 Å². The van der Waals surface area contributed by atoms with E-state index in [0.717, 1.165) is 36.0 Å². The molecule has 1 N–H and O–H groups in total. The molecule has 3 unspecified atom stereocenters. The van der Waals surface area contributed by atoms with Crippen LogP contribution in [-0.4, -0.2) is 5.11 Å². The molecule has 0 aliphatic heterocycles. The maximum Gasteiger partial charge on any atom is 0.105 e. The van der Waals surface area contributed by atoms with Crippen molar-refractivity contribution in [3.05, 3.63) is 34.9 Å². The molecule has 1 aliphatic carbocycles. The van der Waals surface area contributed by atoms with Crippen molar-refractivity contribution in [2.45, 2.75) is 52.6 Å². The highest BCUT2D eigenvalue weighted by atomic mass is 16.3. The topological polar surface area (TPSA) is 44.0 Å². The molecule has 1 aliphatic rings. The molecule has 0 amide bonds. The van der Waals surface area contributed by atoms with Gasteiger partial charge in [0.05, 0.1) is 11.5 Å². The maximum absolute atomic E-state index is 11.1. The maximum atomic E-state index is 11.1. The number of aryl methyl sites for hydroxylation is 2. The van der Waals surface area contributed by atoms with Gasteiger partial charge in [-0.2, -0.15) is 5.26 Å². The molecule has 1 aromatic rings. The fraction of sp³-hybridized carbons (Fsp3) is 0.588. The number of rotatable bonds is 2. The van der Waals surface area contributed by atoms with Gasteiger partial charge in [0, 0.05) is 0 Å². The number of benzene rings is 1. The van der Waals surface area contributed by atoms with Crippen molar-refractivity contribution in [1.82, 2.24) is 0 Å². The summed E-state index contributed by atoms with van der Waals surface area (Å²) >= 11 is 0. The van der Waals surface area contributed by atoms with Gasteiger partial charge in [-0.3, -0.25) is 0 Å². The Morgan fingerprint density at radius 2 is 1.89 bits per heavy atom. The quantitative estimate of drug-likeness (QED) is 0.874. The molecule has 3 atom stereocenters. The van der Waals surface area contributed by atoms with E-state index in [0.29, 0.717) is 5.92 Å². The van der Waals surface area contributed by atoms with Crippen LogP contribution in [0.2, 0.25) is 0 Å². The predicted octanol–water partition coefficient (Wildman–Crippen LogP) is 3.84. The molecule has 1 fully saturated rings. The average Bonchev–Trinajstić information content (AvgIpc) is 2.71. The molecule has 0 bridgehead atoms. The third-order valence-electron chi connectivity index (χ3n) is 4.69. The smallest absolute Gasteiger partial charge is 0.105 e. The fourth-order valence-corrected chi connectivity index (χ4v) is 3.48. The van der Waals surface area contributed by atoms with Crippen LogP contribution >= 0.6 is 0 Å². The lowest BCUT2D eigenvalue weighted by atomic mass is 9.68. The minimum absolute atomic E-state index is 0.511.